The van der Waals surface area contributed by atoms with Gasteiger partial charge in [-0.3, -0.25) is 10.7 Å². The molecule has 0 rings (SSSR count). The SMILES string of the molecule is [CH2-]C#CC#CC#CCC(=O)NC. The van der Waals surface area contributed by atoms with Gasteiger partial charge < -0.3 is 5.32 Å². The lowest BCUT2D eigenvalue weighted by atomic mass is 10.4. The van der Waals surface area contributed by atoms with Gasteiger partial charge in [-0.1, -0.05) is 5.92 Å². The van der Waals surface area contributed by atoms with Gasteiger partial charge in [0.15, 0.2) is 0 Å². The Labute approximate surface area is 72.7 Å². The summed E-state index contributed by atoms with van der Waals surface area (Å²) in [6.07, 6.45) is 0.170. The second-order valence-electron chi connectivity index (χ2n) is 1.70. The number of hydrogen-bond acceptors (Lipinski definition) is 1. The third-order valence-electron chi connectivity index (χ3n) is 0.892. The highest BCUT2D eigenvalue weighted by Gasteiger charge is 1.88. The van der Waals surface area contributed by atoms with Gasteiger partial charge in [0.05, 0.1) is 6.42 Å². The van der Waals surface area contributed by atoms with Gasteiger partial charge in [-0.05, 0) is 11.8 Å². The van der Waals surface area contributed by atoms with Crippen molar-refractivity contribution in [3.8, 4) is 35.5 Å². The van der Waals surface area contributed by atoms with Crippen molar-refractivity contribution in [1.82, 2.24) is 5.32 Å². The van der Waals surface area contributed by atoms with Crippen molar-refractivity contribution in [3.63, 3.8) is 0 Å². The summed E-state index contributed by atoms with van der Waals surface area (Å²) in [5.74, 6) is 14.6. The van der Waals surface area contributed by atoms with Crippen molar-refractivity contribution in [2.24, 2.45) is 0 Å². The van der Waals surface area contributed by atoms with E-state index in [1.165, 1.54) is 0 Å². The van der Waals surface area contributed by atoms with E-state index in [9.17, 15) is 4.79 Å². The molecule has 1 amide bonds. The molecule has 0 aromatic heterocycles. The van der Waals surface area contributed by atoms with Crippen LogP contribution in [0.4, 0.5) is 0 Å². The minimum Gasteiger partial charge on any atom is -0.358 e. The highest BCUT2D eigenvalue weighted by Crippen LogP contribution is 1.72. The summed E-state index contributed by atoms with van der Waals surface area (Å²) >= 11 is 0. The van der Waals surface area contributed by atoms with Crippen molar-refractivity contribution < 1.29 is 4.79 Å². The van der Waals surface area contributed by atoms with Crippen LogP contribution in [0.3, 0.4) is 0 Å². The molecule has 0 spiro atoms. The molecule has 0 saturated heterocycles. The highest BCUT2D eigenvalue weighted by molar-refractivity contribution is 5.78. The van der Waals surface area contributed by atoms with E-state index in [1.807, 2.05) is 0 Å². The van der Waals surface area contributed by atoms with E-state index in [2.05, 4.69) is 47.8 Å². The smallest absolute Gasteiger partial charge is 0.231 e. The first-order chi connectivity index (χ1) is 5.81. The molecule has 0 fully saturated rings. The zero-order chi connectivity index (χ0) is 9.23. The standard InChI is InChI=1S/C10H8NO/c1-3-4-5-6-7-8-9-10(12)11-2/h1,9H2,2H3,(H,11,12)/q-1. The van der Waals surface area contributed by atoms with Gasteiger partial charge in [-0.15, -0.1) is 5.92 Å². The summed E-state index contributed by atoms with van der Waals surface area (Å²) in [6.45, 7) is 3.27. The van der Waals surface area contributed by atoms with Gasteiger partial charge in [0.25, 0.3) is 0 Å². The molecule has 12 heavy (non-hydrogen) atoms. The Morgan fingerprint density at radius 3 is 2.58 bits per heavy atom. The first kappa shape index (κ1) is 10.0. The molecule has 0 heterocycles. The second-order valence-corrected chi connectivity index (χ2v) is 1.70. The second kappa shape index (κ2) is 7.13. The Hall–Kier alpha value is -1.98. The van der Waals surface area contributed by atoms with Gasteiger partial charge in [-0.25, -0.2) is 5.92 Å². The molecule has 0 aliphatic heterocycles. The van der Waals surface area contributed by atoms with E-state index < -0.39 is 0 Å². The fraction of sp³-hybridized carbons (Fsp3) is 0.200. The number of rotatable bonds is 1. The summed E-state index contributed by atoms with van der Waals surface area (Å²) in [6, 6.07) is 0. The van der Waals surface area contributed by atoms with Gasteiger partial charge >= 0.3 is 0 Å². The maximum absolute atomic E-state index is 10.6. The molecule has 0 aromatic rings. The molecular formula is C10H8NO-. The van der Waals surface area contributed by atoms with Crippen LogP contribution in [0.5, 0.6) is 0 Å². The van der Waals surface area contributed by atoms with Crippen LogP contribution in [0, 0.1) is 42.4 Å². The Kier molecular flexibility index (Phi) is 5.95. The average Bonchev–Trinajstić information content (AvgIpc) is 2.10. The van der Waals surface area contributed by atoms with Crippen LogP contribution in [0.15, 0.2) is 0 Å². The normalized spacial score (nSPS) is 5.75. The lowest BCUT2D eigenvalue weighted by Crippen LogP contribution is -2.16. The number of carbonyl (C=O) groups excluding carboxylic acids is 1. The third-order valence-corrected chi connectivity index (χ3v) is 0.892. The van der Waals surface area contributed by atoms with E-state index in [0.29, 0.717) is 0 Å². The lowest BCUT2D eigenvalue weighted by Gasteiger charge is -1.87. The summed E-state index contributed by atoms with van der Waals surface area (Å²) < 4.78 is 0. The summed E-state index contributed by atoms with van der Waals surface area (Å²) in [7, 11) is 1.56. The molecule has 2 heteroatoms. The average molecular weight is 158 g/mol. The summed E-state index contributed by atoms with van der Waals surface area (Å²) in [5, 5.41) is 2.44. The Morgan fingerprint density at radius 1 is 1.33 bits per heavy atom. The van der Waals surface area contributed by atoms with Gasteiger partial charge in [-0.2, -0.15) is 6.92 Å². The maximum Gasteiger partial charge on any atom is 0.231 e. The highest BCUT2D eigenvalue weighted by atomic mass is 16.1. The molecule has 0 unspecified atom stereocenters. The molecule has 0 aromatic carbocycles. The Bertz CT molecular complexity index is 322. The van der Waals surface area contributed by atoms with Gasteiger partial charge in [0.1, 0.15) is 0 Å². The van der Waals surface area contributed by atoms with E-state index in [4.69, 9.17) is 0 Å². The van der Waals surface area contributed by atoms with Crippen LogP contribution in [-0.2, 0) is 4.79 Å². The molecular weight excluding hydrogens is 150 g/mol. The number of amides is 1. The van der Waals surface area contributed by atoms with Crippen molar-refractivity contribution in [1.29, 1.82) is 0 Å². The molecule has 0 atom stereocenters. The first-order valence-electron chi connectivity index (χ1n) is 3.26. The van der Waals surface area contributed by atoms with E-state index in [1.54, 1.807) is 7.05 Å². The maximum atomic E-state index is 10.6. The fourth-order valence-electron chi connectivity index (χ4n) is 0.364. The minimum atomic E-state index is -0.118. The van der Waals surface area contributed by atoms with Crippen LogP contribution in [-0.4, -0.2) is 13.0 Å². The summed E-state index contributed by atoms with van der Waals surface area (Å²) in [5.41, 5.74) is 0. The third kappa shape index (κ3) is 6.14. The Morgan fingerprint density at radius 2 is 2.00 bits per heavy atom. The van der Waals surface area contributed by atoms with Crippen molar-refractivity contribution in [3.05, 3.63) is 6.92 Å². The topological polar surface area (TPSA) is 29.1 Å². The largest absolute Gasteiger partial charge is 0.358 e. The van der Waals surface area contributed by atoms with E-state index in [-0.39, 0.29) is 12.3 Å². The monoisotopic (exact) mass is 158 g/mol. The molecule has 0 aliphatic rings. The lowest BCUT2D eigenvalue weighted by molar-refractivity contribution is -0.119. The number of carbonyl (C=O) groups is 1. The quantitative estimate of drug-likeness (QED) is 0.421. The van der Waals surface area contributed by atoms with Gasteiger partial charge in [0.2, 0.25) is 5.91 Å². The zero-order valence-electron chi connectivity index (χ0n) is 6.82. The first-order valence-corrected chi connectivity index (χ1v) is 3.26. The van der Waals surface area contributed by atoms with E-state index >= 15 is 0 Å². The number of nitrogens with one attached hydrogen (secondary N) is 1. The van der Waals surface area contributed by atoms with E-state index in [0.717, 1.165) is 0 Å². The van der Waals surface area contributed by atoms with Crippen LogP contribution >= 0.6 is 0 Å². The van der Waals surface area contributed by atoms with Crippen LogP contribution < -0.4 is 5.32 Å². The molecule has 0 bridgehead atoms. The van der Waals surface area contributed by atoms with Crippen molar-refractivity contribution in [2.75, 3.05) is 7.05 Å². The molecule has 60 valence electrons. The fourth-order valence-corrected chi connectivity index (χ4v) is 0.364. The molecule has 0 radical (unpaired) electrons. The van der Waals surface area contributed by atoms with Crippen LogP contribution in [0.25, 0.3) is 0 Å². The Balaban J connectivity index is 3.82. The van der Waals surface area contributed by atoms with Crippen LogP contribution in [0.1, 0.15) is 6.42 Å². The number of hydrogen-bond donors (Lipinski definition) is 1. The summed E-state index contributed by atoms with van der Waals surface area (Å²) in [4.78, 5) is 10.6. The molecule has 0 aliphatic carbocycles. The van der Waals surface area contributed by atoms with Gasteiger partial charge in [0, 0.05) is 7.05 Å². The van der Waals surface area contributed by atoms with Crippen molar-refractivity contribution in [2.45, 2.75) is 6.42 Å². The molecule has 0 saturated carbocycles. The van der Waals surface area contributed by atoms with Crippen LogP contribution in [0.2, 0.25) is 0 Å². The van der Waals surface area contributed by atoms with Crippen molar-refractivity contribution >= 4 is 5.91 Å². The minimum absolute atomic E-state index is 0.118. The zero-order valence-corrected chi connectivity index (χ0v) is 6.82. The predicted molar refractivity (Wildman–Crippen MR) is 47.4 cm³/mol. The predicted octanol–water partition coefficient (Wildman–Crippen LogP) is -0.0332. The molecule has 1 N–H and O–H groups in total. The molecule has 2 nitrogen and oxygen atoms in total.